The van der Waals surface area contributed by atoms with E-state index < -0.39 is 0 Å². The molecule has 79 valence electrons. The van der Waals surface area contributed by atoms with Gasteiger partial charge in [0.15, 0.2) is 0 Å². The van der Waals surface area contributed by atoms with Crippen LogP contribution < -0.4 is 0 Å². The topological polar surface area (TPSA) is 12.5 Å². The Morgan fingerprint density at radius 2 is 1.50 bits per heavy atom. The van der Waals surface area contributed by atoms with Crippen molar-refractivity contribution in [1.29, 1.82) is 0 Å². The van der Waals surface area contributed by atoms with Crippen LogP contribution in [-0.2, 0) is 4.74 Å². The Morgan fingerprint density at radius 1 is 0.875 bits per heavy atom. The number of hydrogen-bond acceptors (Lipinski definition) is 1. The van der Waals surface area contributed by atoms with Crippen molar-refractivity contribution >= 4 is 0 Å². The van der Waals surface area contributed by atoms with Gasteiger partial charge >= 0.3 is 0 Å². The third-order valence-electron chi connectivity index (χ3n) is 2.76. The second-order valence-electron chi connectivity index (χ2n) is 4.03. The average molecular weight is 209 g/mol. The van der Waals surface area contributed by atoms with E-state index in [2.05, 4.69) is 55.0 Å². The van der Waals surface area contributed by atoms with Gasteiger partial charge in [-0.25, -0.2) is 0 Å². The van der Waals surface area contributed by atoms with Crippen LogP contribution in [0.15, 0.2) is 54.6 Å². The summed E-state index contributed by atoms with van der Waals surface area (Å²) in [5, 5.41) is 0. The van der Waals surface area contributed by atoms with Crippen LogP contribution in [-0.4, -0.2) is 12.7 Å². The molecule has 1 aliphatic rings. The highest BCUT2D eigenvalue weighted by atomic mass is 16.6. The highest BCUT2D eigenvalue weighted by Crippen LogP contribution is 2.22. The second kappa shape index (κ2) is 4.11. The third-order valence-corrected chi connectivity index (χ3v) is 2.76. The van der Waals surface area contributed by atoms with Crippen LogP contribution in [0.3, 0.4) is 0 Å². The first kappa shape index (κ1) is 9.61. The lowest BCUT2D eigenvalue weighted by molar-refractivity contribution is 0.432. The van der Waals surface area contributed by atoms with Gasteiger partial charge in [-0.1, -0.05) is 54.6 Å². The van der Waals surface area contributed by atoms with E-state index in [1.807, 2.05) is 6.07 Å². The van der Waals surface area contributed by atoms with E-state index in [0.29, 0.717) is 6.10 Å². The molecule has 1 radical (unpaired) electrons. The lowest BCUT2D eigenvalue weighted by Crippen LogP contribution is -1.89. The molecule has 16 heavy (non-hydrogen) atoms. The Bertz CT molecular complexity index is 455. The van der Waals surface area contributed by atoms with Gasteiger partial charge in [0.05, 0.1) is 12.7 Å². The molecule has 0 N–H and O–H groups in total. The summed E-state index contributed by atoms with van der Waals surface area (Å²) in [6.07, 6.45) is 2.51. The molecule has 0 aliphatic carbocycles. The largest absolute Gasteiger partial charge is 0.372 e. The van der Waals surface area contributed by atoms with Crippen molar-refractivity contribution in [3.63, 3.8) is 0 Å². The molecule has 0 spiro atoms. The Hall–Kier alpha value is -1.60. The summed E-state index contributed by atoms with van der Waals surface area (Å²) in [5.74, 6) is 0. The van der Waals surface area contributed by atoms with Gasteiger partial charge in [0.25, 0.3) is 0 Å². The van der Waals surface area contributed by atoms with Crippen LogP contribution in [0, 0.1) is 6.42 Å². The fourth-order valence-electron chi connectivity index (χ4n) is 1.78. The molecule has 0 bridgehead atoms. The van der Waals surface area contributed by atoms with E-state index >= 15 is 0 Å². The summed E-state index contributed by atoms with van der Waals surface area (Å²) in [7, 11) is 0. The van der Waals surface area contributed by atoms with Crippen LogP contribution in [0.5, 0.6) is 0 Å². The molecule has 1 fully saturated rings. The van der Waals surface area contributed by atoms with Gasteiger partial charge in [-0.2, -0.15) is 0 Å². The minimum absolute atomic E-state index is 0.350. The van der Waals surface area contributed by atoms with Gasteiger partial charge in [-0.3, -0.25) is 0 Å². The second-order valence-corrected chi connectivity index (χ2v) is 4.03. The number of ether oxygens (including phenoxy) is 1. The van der Waals surface area contributed by atoms with Crippen molar-refractivity contribution in [1.82, 2.24) is 0 Å². The number of hydrogen-bond donors (Lipinski definition) is 0. The molecule has 2 aromatic carbocycles. The van der Waals surface area contributed by atoms with Gasteiger partial charge in [-0.15, -0.1) is 0 Å². The van der Waals surface area contributed by atoms with Crippen LogP contribution in [0.2, 0.25) is 0 Å². The highest BCUT2D eigenvalue weighted by molar-refractivity contribution is 5.63. The predicted molar refractivity (Wildman–Crippen MR) is 65.0 cm³/mol. The highest BCUT2D eigenvalue weighted by Gasteiger charge is 2.22. The molecule has 0 amide bonds. The fourth-order valence-corrected chi connectivity index (χ4v) is 1.78. The van der Waals surface area contributed by atoms with Crippen molar-refractivity contribution in [3.05, 3.63) is 66.6 Å². The summed E-state index contributed by atoms with van der Waals surface area (Å²) >= 11 is 0. The molecule has 1 atom stereocenters. The lowest BCUT2D eigenvalue weighted by atomic mass is 10.0. The minimum atomic E-state index is 0.350. The molecular weight excluding hydrogens is 196 g/mol. The van der Waals surface area contributed by atoms with Crippen LogP contribution >= 0.6 is 0 Å². The predicted octanol–water partition coefficient (Wildman–Crippen LogP) is 3.30. The molecule has 2 aromatic rings. The molecule has 3 rings (SSSR count). The fraction of sp³-hybridized carbons (Fsp3) is 0.133. The summed E-state index contributed by atoms with van der Waals surface area (Å²) < 4.78 is 5.17. The third kappa shape index (κ3) is 2.15. The molecule has 1 heteroatoms. The Morgan fingerprint density at radius 3 is 2.12 bits per heavy atom. The van der Waals surface area contributed by atoms with Crippen molar-refractivity contribution < 1.29 is 4.74 Å². The van der Waals surface area contributed by atoms with Crippen LogP contribution in [0.25, 0.3) is 11.1 Å². The molecule has 0 saturated carbocycles. The molecule has 1 unspecified atom stereocenters. The van der Waals surface area contributed by atoms with E-state index in [1.54, 1.807) is 0 Å². The summed E-state index contributed by atoms with van der Waals surface area (Å²) in [6, 6.07) is 19.0. The average Bonchev–Trinajstić information content (AvgIpc) is 3.15. The van der Waals surface area contributed by atoms with E-state index in [4.69, 9.17) is 4.74 Å². The minimum Gasteiger partial charge on any atom is -0.372 e. The van der Waals surface area contributed by atoms with E-state index in [9.17, 15) is 0 Å². The summed E-state index contributed by atoms with van der Waals surface area (Å²) in [4.78, 5) is 0. The van der Waals surface area contributed by atoms with Gasteiger partial charge in [-0.05, 0) is 16.7 Å². The van der Waals surface area contributed by atoms with Gasteiger partial charge in [0.2, 0.25) is 0 Å². The zero-order valence-corrected chi connectivity index (χ0v) is 8.97. The normalized spacial score (nSPS) is 18.4. The molecular formula is C15H13O. The van der Waals surface area contributed by atoms with Gasteiger partial charge < -0.3 is 4.74 Å². The first-order chi connectivity index (χ1) is 7.92. The molecule has 1 nitrogen and oxygen atoms in total. The van der Waals surface area contributed by atoms with Crippen molar-refractivity contribution in [2.75, 3.05) is 6.61 Å². The van der Waals surface area contributed by atoms with E-state index in [1.165, 1.54) is 16.7 Å². The maximum atomic E-state index is 5.17. The lowest BCUT2D eigenvalue weighted by Gasteiger charge is -2.02. The smallest absolute Gasteiger partial charge is 0.0885 e. The van der Waals surface area contributed by atoms with Crippen LogP contribution in [0.4, 0.5) is 0 Å². The zero-order chi connectivity index (χ0) is 10.8. The zero-order valence-electron chi connectivity index (χ0n) is 8.97. The summed E-state index contributed by atoms with van der Waals surface area (Å²) in [6.45, 7) is 0.875. The number of epoxide rings is 1. The maximum Gasteiger partial charge on any atom is 0.0885 e. The van der Waals surface area contributed by atoms with Crippen molar-refractivity contribution in [2.45, 2.75) is 6.10 Å². The van der Waals surface area contributed by atoms with Crippen molar-refractivity contribution in [3.8, 4) is 11.1 Å². The van der Waals surface area contributed by atoms with E-state index in [-0.39, 0.29) is 0 Å². The number of rotatable bonds is 3. The molecule has 0 aromatic heterocycles. The Kier molecular flexibility index (Phi) is 2.47. The van der Waals surface area contributed by atoms with Gasteiger partial charge in [0, 0.05) is 6.42 Å². The monoisotopic (exact) mass is 209 g/mol. The quantitative estimate of drug-likeness (QED) is 0.706. The summed E-state index contributed by atoms with van der Waals surface area (Å²) in [5.41, 5.74) is 3.76. The van der Waals surface area contributed by atoms with Crippen molar-refractivity contribution in [2.24, 2.45) is 0 Å². The number of benzene rings is 2. The van der Waals surface area contributed by atoms with Crippen LogP contribution in [0.1, 0.15) is 5.56 Å². The van der Waals surface area contributed by atoms with Gasteiger partial charge in [0.1, 0.15) is 0 Å². The SMILES string of the molecule is [CH](c1ccc(-c2ccccc2)cc1)C1CO1. The first-order valence-electron chi connectivity index (χ1n) is 5.54. The Labute approximate surface area is 95.7 Å². The first-order valence-corrected chi connectivity index (χ1v) is 5.54. The maximum absolute atomic E-state index is 5.17. The molecule has 1 aliphatic heterocycles. The van der Waals surface area contributed by atoms with E-state index in [0.717, 1.165) is 6.61 Å². The Balaban J connectivity index is 1.81. The standard InChI is InChI=1S/C15H13O/c1-2-4-13(5-3-1)14-8-6-12(7-9-14)10-15-11-16-15/h1-10,15H,11H2. The molecule has 1 heterocycles. The molecule has 1 saturated heterocycles.